The van der Waals surface area contributed by atoms with E-state index in [9.17, 15) is 4.79 Å². The summed E-state index contributed by atoms with van der Waals surface area (Å²) in [6, 6.07) is 19.8. The van der Waals surface area contributed by atoms with Gasteiger partial charge in [0.2, 0.25) is 0 Å². The first-order valence-corrected chi connectivity index (χ1v) is 8.33. The van der Waals surface area contributed by atoms with Crippen LogP contribution >= 0.6 is 11.3 Å². The SMILES string of the molecule is Cc1ccccc1CNc1ccc(NC(=O)c2cccs2)cc1. The van der Waals surface area contributed by atoms with Crippen molar-refractivity contribution < 1.29 is 4.79 Å². The minimum atomic E-state index is -0.0689. The maximum atomic E-state index is 12.0. The lowest BCUT2D eigenvalue weighted by atomic mass is 10.1. The van der Waals surface area contributed by atoms with Crippen LogP contribution in [0.4, 0.5) is 11.4 Å². The Kier molecular flexibility index (Phi) is 4.74. The molecule has 0 saturated carbocycles. The van der Waals surface area contributed by atoms with Gasteiger partial charge >= 0.3 is 0 Å². The van der Waals surface area contributed by atoms with Crippen molar-refractivity contribution in [2.24, 2.45) is 0 Å². The molecule has 0 saturated heterocycles. The molecule has 0 bridgehead atoms. The van der Waals surface area contributed by atoms with Crippen molar-refractivity contribution >= 4 is 28.6 Å². The highest BCUT2D eigenvalue weighted by Crippen LogP contribution is 2.17. The maximum Gasteiger partial charge on any atom is 0.265 e. The first-order chi connectivity index (χ1) is 11.2. The molecular weight excluding hydrogens is 304 g/mol. The Bertz CT molecular complexity index is 779. The van der Waals surface area contributed by atoms with Gasteiger partial charge in [0, 0.05) is 17.9 Å². The number of carbonyl (C=O) groups excluding carboxylic acids is 1. The molecule has 0 atom stereocenters. The maximum absolute atomic E-state index is 12.0. The lowest BCUT2D eigenvalue weighted by molar-refractivity contribution is 0.103. The molecule has 3 rings (SSSR count). The van der Waals surface area contributed by atoms with E-state index >= 15 is 0 Å². The van der Waals surface area contributed by atoms with E-state index in [0.29, 0.717) is 4.88 Å². The van der Waals surface area contributed by atoms with Gasteiger partial charge in [0.05, 0.1) is 4.88 Å². The minimum Gasteiger partial charge on any atom is -0.381 e. The molecule has 23 heavy (non-hydrogen) atoms. The number of benzene rings is 2. The number of hydrogen-bond acceptors (Lipinski definition) is 3. The molecule has 0 unspecified atom stereocenters. The fourth-order valence-electron chi connectivity index (χ4n) is 2.28. The van der Waals surface area contributed by atoms with Crippen molar-refractivity contribution in [3.05, 3.63) is 82.0 Å². The van der Waals surface area contributed by atoms with Crippen molar-refractivity contribution in [2.75, 3.05) is 10.6 Å². The van der Waals surface area contributed by atoms with Crippen LogP contribution in [-0.4, -0.2) is 5.91 Å². The van der Waals surface area contributed by atoms with Crippen LogP contribution in [0.2, 0.25) is 0 Å². The third kappa shape index (κ3) is 3.99. The van der Waals surface area contributed by atoms with Gasteiger partial charge in [-0.3, -0.25) is 4.79 Å². The molecule has 0 radical (unpaired) electrons. The Balaban J connectivity index is 1.59. The smallest absolute Gasteiger partial charge is 0.265 e. The number of rotatable bonds is 5. The Hall–Kier alpha value is -2.59. The zero-order valence-electron chi connectivity index (χ0n) is 12.9. The minimum absolute atomic E-state index is 0.0689. The fourth-order valence-corrected chi connectivity index (χ4v) is 2.90. The van der Waals surface area contributed by atoms with E-state index in [-0.39, 0.29) is 5.91 Å². The van der Waals surface area contributed by atoms with Crippen molar-refractivity contribution in [2.45, 2.75) is 13.5 Å². The number of thiophene rings is 1. The molecule has 2 N–H and O–H groups in total. The Morgan fingerprint density at radius 3 is 2.39 bits per heavy atom. The molecule has 0 aliphatic heterocycles. The molecule has 1 heterocycles. The summed E-state index contributed by atoms with van der Waals surface area (Å²) in [5, 5.41) is 8.19. The van der Waals surface area contributed by atoms with E-state index < -0.39 is 0 Å². The Morgan fingerprint density at radius 2 is 1.70 bits per heavy atom. The van der Waals surface area contributed by atoms with Gasteiger partial charge in [-0.1, -0.05) is 30.3 Å². The lowest BCUT2D eigenvalue weighted by Crippen LogP contribution is -2.10. The third-order valence-corrected chi connectivity index (χ3v) is 4.50. The van der Waals surface area contributed by atoms with Crippen molar-refractivity contribution in [3.63, 3.8) is 0 Å². The van der Waals surface area contributed by atoms with Gasteiger partial charge in [0.25, 0.3) is 5.91 Å². The van der Waals surface area contributed by atoms with Crippen LogP contribution in [0.3, 0.4) is 0 Å². The monoisotopic (exact) mass is 322 g/mol. The second-order valence-electron chi connectivity index (χ2n) is 5.29. The van der Waals surface area contributed by atoms with Gasteiger partial charge in [-0.2, -0.15) is 0 Å². The van der Waals surface area contributed by atoms with Gasteiger partial charge in [0.15, 0.2) is 0 Å². The van der Waals surface area contributed by atoms with Crippen LogP contribution in [-0.2, 0) is 6.54 Å². The molecule has 1 amide bonds. The van der Waals surface area contributed by atoms with Crippen molar-refractivity contribution in [1.29, 1.82) is 0 Å². The molecule has 1 aromatic heterocycles. The predicted octanol–water partition coefficient (Wildman–Crippen LogP) is 4.92. The molecule has 0 fully saturated rings. The van der Waals surface area contributed by atoms with Crippen LogP contribution in [0.5, 0.6) is 0 Å². The summed E-state index contributed by atoms with van der Waals surface area (Å²) in [5.41, 5.74) is 4.38. The van der Waals surface area contributed by atoms with Crippen LogP contribution < -0.4 is 10.6 Å². The summed E-state index contributed by atoms with van der Waals surface area (Å²) < 4.78 is 0. The lowest BCUT2D eigenvalue weighted by Gasteiger charge is -2.10. The molecular formula is C19H18N2OS. The average molecular weight is 322 g/mol. The van der Waals surface area contributed by atoms with Gasteiger partial charge in [-0.25, -0.2) is 0 Å². The highest BCUT2D eigenvalue weighted by Gasteiger charge is 2.06. The highest BCUT2D eigenvalue weighted by molar-refractivity contribution is 7.12. The third-order valence-electron chi connectivity index (χ3n) is 3.63. The number of nitrogens with one attached hydrogen (secondary N) is 2. The zero-order valence-corrected chi connectivity index (χ0v) is 13.7. The first kappa shape index (κ1) is 15.3. The average Bonchev–Trinajstić information content (AvgIpc) is 3.10. The second-order valence-corrected chi connectivity index (χ2v) is 6.24. The molecule has 3 nitrogen and oxygen atoms in total. The number of amides is 1. The van der Waals surface area contributed by atoms with Gasteiger partial charge in [-0.05, 0) is 53.8 Å². The topological polar surface area (TPSA) is 41.1 Å². The Morgan fingerprint density at radius 1 is 0.957 bits per heavy atom. The normalized spacial score (nSPS) is 10.3. The molecule has 0 aliphatic carbocycles. The quantitative estimate of drug-likeness (QED) is 0.700. The first-order valence-electron chi connectivity index (χ1n) is 7.46. The van der Waals surface area contributed by atoms with Crippen LogP contribution in [0.15, 0.2) is 66.0 Å². The van der Waals surface area contributed by atoms with Crippen molar-refractivity contribution in [1.82, 2.24) is 0 Å². The standard InChI is InChI=1S/C19H18N2OS/c1-14-5-2-3-6-15(14)13-20-16-8-10-17(11-9-16)21-19(22)18-7-4-12-23-18/h2-12,20H,13H2,1H3,(H,21,22). The molecule has 2 aromatic carbocycles. The van der Waals surface area contributed by atoms with Crippen LogP contribution in [0.1, 0.15) is 20.8 Å². The van der Waals surface area contributed by atoms with Gasteiger partial charge in [0.1, 0.15) is 0 Å². The fraction of sp³-hybridized carbons (Fsp3) is 0.105. The van der Waals surface area contributed by atoms with E-state index in [1.807, 2.05) is 53.9 Å². The number of hydrogen-bond donors (Lipinski definition) is 2. The highest BCUT2D eigenvalue weighted by atomic mass is 32.1. The van der Waals surface area contributed by atoms with E-state index in [2.05, 4.69) is 29.7 Å². The molecule has 0 aliphatic rings. The second kappa shape index (κ2) is 7.11. The summed E-state index contributed by atoms with van der Waals surface area (Å²) in [7, 11) is 0. The summed E-state index contributed by atoms with van der Waals surface area (Å²) in [4.78, 5) is 12.7. The molecule has 3 aromatic rings. The van der Waals surface area contributed by atoms with Crippen molar-refractivity contribution in [3.8, 4) is 0 Å². The predicted molar refractivity (Wildman–Crippen MR) is 97.2 cm³/mol. The number of anilines is 2. The summed E-state index contributed by atoms with van der Waals surface area (Å²) in [6.07, 6.45) is 0. The number of aryl methyl sites for hydroxylation is 1. The summed E-state index contributed by atoms with van der Waals surface area (Å²) in [6.45, 7) is 2.90. The van der Waals surface area contributed by atoms with Crippen LogP contribution in [0.25, 0.3) is 0 Å². The van der Waals surface area contributed by atoms with Crippen LogP contribution in [0, 0.1) is 6.92 Å². The zero-order chi connectivity index (χ0) is 16.1. The van der Waals surface area contributed by atoms with E-state index in [1.54, 1.807) is 0 Å². The van der Waals surface area contributed by atoms with Gasteiger partial charge < -0.3 is 10.6 Å². The van der Waals surface area contributed by atoms with E-state index in [4.69, 9.17) is 0 Å². The van der Waals surface area contributed by atoms with E-state index in [1.165, 1.54) is 22.5 Å². The number of carbonyl (C=O) groups is 1. The summed E-state index contributed by atoms with van der Waals surface area (Å²) in [5.74, 6) is -0.0689. The summed E-state index contributed by atoms with van der Waals surface area (Å²) >= 11 is 1.44. The Labute approximate surface area is 140 Å². The van der Waals surface area contributed by atoms with E-state index in [0.717, 1.165) is 17.9 Å². The largest absolute Gasteiger partial charge is 0.381 e. The molecule has 116 valence electrons. The molecule has 4 heteroatoms. The molecule has 0 spiro atoms. The van der Waals surface area contributed by atoms with Gasteiger partial charge in [-0.15, -0.1) is 11.3 Å².